The topological polar surface area (TPSA) is 69.4 Å². The van der Waals surface area contributed by atoms with Crippen molar-refractivity contribution in [1.82, 2.24) is 0 Å². The molecule has 1 aromatic carbocycles. The molecule has 1 saturated heterocycles. The van der Waals surface area contributed by atoms with E-state index in [1.807, 2.05) is 0 Å². The van der Waals surface area contributed by atoms with E-state index in [1.54, 1.807) is 12.1 Å². The third-order valence-corrected chi connectivity index (χ3v) is 3.35. The number of hydrogen-bond donors (Lipinski definition) is 0. The van der Waals surface area contributed by atoms with Crippen LogP contribution in [0.5, 0.6) is 0 Å². The van der Waals surface area contributed by atoms with Crippen LogP contribution in [0.3, 0.4) is 0 Å². The first-order valence-corrected chi connectivity index (χ1v) is 5.09. The Kier molecular flexibility index (Phi) is 1.77. The first kappa shape index (κ1) is 9.33. The largest absolute Gasteiger partial charge is 0.465 e. The number of nitro groups is 1. The number of nitrogens with zero attached hydrogens (tertiary/aromatic N) is 1. The van der Waals surface area contributed by atoms with Crippen LogP contribution in [0.1, 0.15) is 11.5 Å². The van der Waals surface area contributed by atoms with E-state index in [0.717, 1.165) is 5.56 Å². The molecule has 3 atom stereocenters. The van der Waals surface area contributed by atoms with Crippen LogP contribution >= 0.6 is 0 Å². The maximum absolute atomic E-state index is 11.2. The first-order chi connectivity index (χ1) is 7.68. The van der Waals surface area contributed by atoms with Gasteiger partial charge in [0, 0.05) is 24.0 Å². The minimum atomic E-state index is -0.425. The van der Waals surface area contributed by atoms with Gasteiger partial charge in [0.15, 0.2) is 0 Å². The molecule has 5 nitrogen and oxygen atoms in total. The van der Waals surface area contributed by atoms with Crippen molar-refractivity contribution in [3.63, 3.8) is 0 Å². The number of non-ortho nitro benzene ring substituents is 1. The number of esters is 1. The molecular formula is C11H9NO4. The van der Waals surface area contributed by atoms with E-state index >= 15 is 0 Å². The van der Waals surface area contributed by atoms with Gasteiger partial charge in [-0.15, -0.1) is 0 Å². The van der Waals surface area contributed by atoms with Gasteiger partial charge in [0.25, 0.3) is 5.69 Å². The molecule has 3 rings (SSSR count). The zero-order valence-corrected chi connectivity index (χ0v) is 8.33. The second kappa shape index (κ2) is 3.04. The van der Waals surface area contributed by atoms with Gasteiger partial charge in [0.2, 0.25) is 0 Å². The molecule has 0 amide bonds. The Bertz CT molecular complexity index is 467. The molecular weight excluding hydrogens is 210 g/mol. The van der Waals surface area contributed by atoms with Gasteiger partial charge < -0.3 is 4.74 Å². The standard InChI is InChI=1S/C11H9NO4/c13-11-10-8(5-16-11)9(10)6-1-3-7(4-2-6)12(14)15/h1-4,8-10H,5H2/t8-,9-,10-/m1/s1. The predicted octanol–water partition coefficient (Wildman–Crippen LogP) is 1.48. The monoisotopic (exact) mass is 219 g/mol. The quantitative estimate of drug-likeness (QED) is 0.429. The van der Waals surface area contributed by atoms with Crippen LogP contribution < -0.4 is 0 Å². The average Bonchev–Trinajstić information content (AvgIpc) is 2.89. The van der Waals surface area contributed by atoms with Crippen molar-refractivity contribution < 1.29 is 14.5 Å². The molecule has 0 spiro atoms. The van der Waals surface area contributed by atoms with Crippen LogP contribution in [-0.2, 0) is 9.53 Å². The van der Waals surface area contributed by atoms with Gasteiger partial charge in [-0.3, -0.25) is 14.9 Å². The molecule has 2 fully saturated rings. The first-order valence-electron chi connectivity index (χ1n) is 5.09. The van der Waals surface area contributed by atoms with E-state index in [1.165, 1.54) is 12.1 Å². The molecule has 1 aliphatic heterocycles. The van der Waals surface area contributed by atoms with Crippen molar-refractivity contribution in [2.45, 2.75) is 5.92 Å². The van der Waals surface area contributed by atoms with Gasteiger partial charge in [-0.1, -0.05) is 12.1 Å². The fourth-order valence-corrected chi connectivity index (χ4v) is 2.45. The number of nitro benzene ring substituents is 1. The summed E-state index contributed by atoms with van der Waals surface area (Å²) in [7, 11) is 0. The van der Waals surface area contributed by atoms with Gasteiger partial charge in [-0.2, -0.15) is 0 Å². The zero-order valence-electron chi connectivity index (χ0n) is 8.33. The molecule has 5 heteroatoms. The van der Waals surface area contributed by atoms with Crippen LogP contribution in [0, 0.1) is 22.0 Å². The number of carbonyl (C=O) groups excluding carboxylic acids is 1. The average molecular weight is 219 g/mol. The Labute approximate surface area is 91.2 Å². The molecule has 16 heavy (non-hydrogen) atoms. The van der Waals surface area contributed by atoms with Gasteiger partial charge in [0.1, 0.15) is 0 Å². The van der Waals surface area contributed by atoms with E-state index in [4.69, 9.17) is 4.74 Å². The lowest BCUT2D eigenvalue weighted by Gasteiger charge is -2.03. The normalized spacial score (nSPS) is 30.8. The summed E-state index contributed by atoms with van der Waals surface area (Å²) in [5, 5.41) is 10.5. The van der Waals surface area contributed by atoms with Crippen molar-refractivity contribution in [3.8, 4) is 0 Å². The Hall–Kier alpha value is -1.91. The van der Waals surface area contributed by atoms with Crippen molar-refractivity contribution in [3.05, 3.63) is 39.9 Å². The number of fused-ring (bicyclic) bond motifs is 1. The van der Waals surface area contributed by atoms with E-state index in [9.17, 15) is 14.9 Å². The highest BCUT2D eigenvalue weighted by Gasteiger charge is 2.61. The van der Waals surface area contributed by atoms with Crippen molar-refractivity contribution in [1.29, 1.82) is 0 Å². The summed E-state index contributed by atoms with van der Waals surface area (Å²) in [5.74, 6) is 0.353. The molecule has 0 unspecified atom stereocenters. The molecule has 0 aromatic heterocycles. The number of cyclic esters (lactones) is 1. The third kappa shape index (κ3) is 1.21. The van der Waals surface area contributed by atoms with Gasteiger partial charge in [-0.25, -0.2) is 0 Å². The lowest BCUT2D eigenvalue weighted by molar-refractivity contribution is -0.384. The predicted molar refractivity (Wildman–Crippen MR) is 53.8 cm³/mol. The van der Waals surface area contributed by atoms with E-state index in [-0.39, 0.29) is 29.4 Å². The molecule has 0 radical (unpaired) electrons. The lowest BCUT2D eigenvalue weighted by Crippen LogP contribution is -2.04. The Morgan fingerprint density at radius 1 is 1.25 bits per heavy atom. The van der Waals surface area contributed by atoms with E-state index in [0.29, 0.717) is 6.61 Å². The Morgan fingerprint density at radius 2 is 1.94 bits per heavy atom. The summed E-state index contributed by atoms with van der Waals surface area (Å²) in [4.78, 5) is 21.3. The Morgan fingerprint density at radius 3 is 2.44 bits per heavy atom. The summed E-state index contributed by atoms with van der Waals surface area (Å²) in [6, 6.07) is 6.42. The maximum Gasteiger partial charge on any atom is 0.310 e. The highest BCUT2D eigenvalue weighted by molar-refractivity contribution is 5.80. The van der Waals surface area contributed by atoms with Crippen LogP contribution in [-0.4, -0.2) is 17.5 Å². The second-order valence-corrected chi connectivity index (χ2v) is 4.19. The minimum Gasteiger partial charge on any atom is -0.465 e. The van der Waals surface area contributed by atoms with Crippen LogP contribution in [0.25, 0.3) is 0 Å². The summed E-state index contributed by atoms with van der Waals surface area (Å²) in [6.45, 7) is 0.491. The van der Waals surface area contributed by atoms with Crippen LogP contribution in [0.4, 0.5) is 5.69 Å². The number of hydrogen-bond acceptors (Lipinski definition) is 4. The molecule has 1 aromatic rings. The highest BCUT2D eigenvalue weighted by Crippen LogP contribution is 2.58. The number of benzene rings is 1. The second-order valence-electron chi connectivity index (χ2n) is 4.19. The summed E-state index contributed by atoms with van der Waals surface area (Å²) in [6.07, 6.45) is 0. The SMILES string of the molecule is O=C1OC[C@H]2[C@@H]1[C@@H]2c1ccc([N+](=O)[O-])cc1. The summed E-state index contributed by atoms with van der Waals surface area (Å²) in [5.41, 5.74) is 1.08. The van der Waals surface area contributed by atoms with Gasteiger partial charge in [-0.05, 0) is 5.56 Å². The molecule has 1 saturated carbocycles. The number of ether oxygens (including phenoxy) is 1. The maximum atomic E-state index is 11.2. The fraction of sp³-hybridized carbons (Fsp3) is 0.364. The Balaban J connectivity index is 1.82. The van der Waals surface area contributed by atoms with Gasteiger partial charge in [0.05, 0.1) is 17.4 Å². The molecule has 0 N–H and O–H groups in total. The minimum absolute atomic E-state index is 0.0125. The lowest BCUT2D eigenvalue weighted by atomic mass is 10.1. The van der Waals surface area contributed by atoms with Gasteiger partial charge >= 0.3 is 5.97 Å². The number of carbonyl (C=O) groups is 1. The van der Waals surface area contributed by atoms with E-state index in [2.05, 4.69) is 0 Å². The molecule has 0 bridgehead atoms. The van der Waals surface area contributed by atoms with Crippen LogP contribution in [0.2, 0.25) is 0 Å². The fourth-order valence-electron chi connectivity index (χ4n) is 2.45. The molecule has 1 heterocycles. The number of rotatable bonds is 2. The van der Waals surface area contributed by atoms with Crippen molar-refractivity contribution in [2.75, 3.05) is 6.61 Å². The summed E-state index contributed by atoms with van der Waals surface area (Å²) < 4.78 is 4.88. The van der Waals surface area contributed by atoms with Crippen molar-refractivity contribution >= 4 is 11.7 Å². The van der Waals surface area contributed by atoms with Crippen LogP contribution in [0.15, 0.2) is 24.3 Å². The molecule has 2 aliphatic rings. The third-order valence-electron chi connectivity index (χ3n) is 3.35. The zero-order chi connectivity index (χ0) is 11.3. The molecule has 82 valence electrons. The van der Waals surface area contributed by atoms with E-state index < -0.39 is 4.92 Å². The molecule has 1 aliphatic carbocycles. The summed E-state index contributed by atoms with van der Waals surface area (Å²) >= 11 is 0. The van der Waals surface area contributed by atoms with Crippen molar-refractivity contribution in [2.24, 2.45) is 11.8 Å². The highest BCUT2D eigenvalue weighted by atomic mass is 16.6. The smallest absolute Gasteiger partial charge is 0.310 e.